The van der Waals surface area contributed by atoms with E-state index in [-0.39, 0.29) is 23.0 Å². The van der Waals surface area contributed by atoms with Crippen LogP contribution < -0.4 is 20.4 Å². The Morgan fingerprint density at radius 2 is 1.81 bits per heavy atom. The maximum atomic E-state index is 13.5. The summed E-state index contributed by atoms with van der Waals surface area (Å²) in [6.45, 7) is 3.65. The number of nitrogens with zero attached hydrogens (tertiary/aromatic N) is 4. The Hall–Kier alpha value is -2.66. The molecule has 1 aromatic heterocycles. The largest absolute Gasteiger partial charge is 0.433 e. The number of anilines is 3. The van der Waals surface area contributed by atoms with Crippen molar-refractivity contribution in [2.45, 2.75) is 25.1 Å². The fraction of sp³-hybridized carbons (Fsp3) is 0.476. The summed E-state index contributed by atoms with van der Waals surface area (Å²) in [5.41, 5.74) is 0.0910. The van der Waals surface area contributed by atoms with E-state index in [1.807, 2.05) is 35.2 Å². The topological polar surface area (TPSA) is 65.5 Å². The highest BCUT2D eigenvalue weighted by molar-refractivity contribution is 7.80. The summed E-state index contributed by atoms with van der Waals surface area (Å²) in [5.74, 6) is 0.0506. The second-order valence-electron chi connectivity index (χ2n) is 7.71. The lowest BCUT2D eigenvalue weighted by Gasteiger charge is -2.37. The number of rotatable bonds is 5. The monoisotopic (exact) mass is 466 g/mol. The van der Waals surface area contributed by atoms with Gasteiger partial charge in [-0.3, -0.25) is 0 Å². The fourth-order valence-corrected chi connectivity index (χ4v) is 3.96. The first-order valence-electron chi connectivity index (χ1n) is 10.6. The van der Waals surface area contributed by atoms with Gasteiger partial charge in [0, 0.05) is 51.1 Å². The van der Waals surface area contributed by atoms with Crippen LogP contribution in [0.3, 0.4) is 0 Å². The Labute approximate surface area is 190 Å². The lowest BCUT2D eigenvalue weighted by molar-refractivity contribution is -0.141. The van der Waals surface area contributed by atoms with Gasteiger partial charge in [0.15, 0.2) is 10.8 Å². The van der Waals surface area contributed by atoms with Crippen molar-refractivity contribution in [1.82, 2.24) is 15.3 Å². The highest BCUT2D eigenvalue weighted by atomic mass is 32.1. The second-order valence-corrected chi connectivity index (χ2v) is 8.12. The minimum atomic E-state index is -4.59. The first kappa shape index (κ1) is 22.5. The molecule has 4 rings (SSSR count). The van der Waals surface area contributed by atoms with Crippen LogP contribution >= 0.6 is 12.2 Å². The third-order valence-electron chi connectivity index (χ3n) is 5.47. The van der Waals surface area contributed by atoms with Gasteiger partial charge in [-0.2, -0.15) is 18.2 Å². The zero-order valence-corrected chi connectivity index (χ0v) is 18.3. The molecule has 0 saturated carbocycles. The number of hydrogen-bond acceptors (Lipinski definition) is 6. The highest BCUT2D eigenvalue weighted by Gasteiger charge is 2.34. The Morgan fingerprint density at radius 1 is 1.09 bits per heavy atom. The van der Waals surface area contributed by atoms with E-state index >= 15 is 0 Å². The molecule has 0 bridgehead atoms. The summed E-state index contributed by atoms with van der Waals surface area (Å²) >= 11 is 5.22. The number of nitrogens with one attached hydrogen (secondary N) is 2. The van der Waals surface area contributed by atoms with Gasteiger partial charge in [-0.25, -0.2) is 4.98 Å². The predicted octanol–water partition coefficient (Wildman–Crippen LogP) is 3.29. The fourth-order valence-electron chi connectivity index (χ4n) is 3.79. The van der Waals surface area contributed by atoms with Crippen LogP contribution in [0.4, 0.5) is 30.6 Å². The summed E-state index contributed by atoms with van der Waals surface area (Å²) in [7, 11) is 0. The molecule has 2 saturated heterocycles. The number of alkyl halides is 3. The summed E-state index contributed by atoms with van der Waals surface area (Å²) in [5, 5.41) is 5.83. The molecular weight excluding hydrogens is 441 g/mol. The van der Waals surface area contributed by atoms with Gasteiger partial charge < -0.3 is 25.2 Å². The SMILES string of the molecule is FC(F)(F)c1cc(N2CCN(c3ccccc3)CC2)nc(NC(=S)NC[C@H]2CCCO2)n1. The smallest absolute Gasteiger partial charge is 0.376 e. The van der Waals surface area contributed by atoms with Gasteiger partial charge in [-0.05, 0) is 37.2 Å². The molecule has 2 fully saturated rings. The Kier molecular flexibility index (Phi) is 6.95. The molecule has 1 aromatic carbocycles. The predicted molar refractivity (Wildman–Crippen MR) is 121 cm³/mol. The molecule has 2 aromatic rings. The summed E-state index contributed by atoms with van der Waals surface area (Å²) < 4.78 is 46.0. The molecule has 2 aliphatic rings. The lowest BCUT2D eigenvalue weighted by atomic mass is 10.2. The summed E-state index contributed by atoms with van der Waals surface area (Å²) in [4.78, 5) is 12.0. The van der Waals surface area contributed by atoms with Crippen molar-refractivity contribution in [3.63, 3.8) is 0 Å². The number of aromatic nitrogens is 2. The van der Waals surface area contributed by atoms with E-state index in [4.69, 9.17) is 17.0 Å². The van der Waals surface area contributed by atoms with Gasteiger partial charge in [0.1, 0.15) is 5.82 Å². The van der Waals surface area contributed by atoms with Crippen molar-refractivity contribution in [2.24, 2.45) is 0 Å². The first-order valence-corrected chi connectivity index (χ1v) is 11.0. The number of halogens is 3. The molecule has 0 amide bonds. The van der Waals surface area contributed by atoms with Crippen LogP contribution in [-0.2, 0) is 10.9 Å². The lowest BCUT2D eigenvalue weighted by Crippen LogP contribution is -2.47. The van der Waals surface area contributed by atoms with Crippen LogP contribution in [0.2, 0.25) is 0 Å². The third-order valence-corrected chi connectivity index (χ3v) is 5.71. The van der Waals surface area contributed by atoms with Crippen LogP contribution in [0.25, 0.3) is 0 Å². The van der Waals surface area contributed by atoms with Crippen LogP contribution in [0.1, 0.15) is 18.5 Å². The first-order chi connectivity index (χ1) is 15.4. The Bertz CT molecular complexity index is 915. The molecule has 1 atom stereocenters. The number of thiocarbonyl (C=S) groups is 1. The van der Waals surface area contributed by atoms with Crippen LogP contribution in [0.5, 0.6) is 0 Å². The Balaban J connectivity index is 1.44. The van der Waals surface area contributed by atoms with Gasteiger partial charge in [-0.15, -0.1) is 0 Å². The van der Waals surface area contributed by atoms with Crippen molar-refractivity contribution < 1.29 is 17.9 Å². The number of benzene rings is 1. The highest BCUT2D eigenvalue weighted by Crippen LogP contribution is 2.31. The van der Waals surface area contributed by atoms with E-state index in [1.54, 1.807) is 0 Å². The van der Waals surface area contributed by atoms with E-state index in [1.165, 1.54) is 0 Å². The van der Waals surface area contributed by atoms with E-state index in [9.17, 15) is 13.2 Å². The average molecular weight is 467 g/mol. The van der Waals surface area contributed by atoms with E-state index in [2.05, 4.69) is 25.5 Å². The minimum absolute atomic E-state index is 0.0497. The maximum Gasteiger partial charge on any atom is 0.433 e. The Morgan fingerprint density at radius 3 is 2.47 bits per heavy atom. The van der Waals surface area contributed by atoms with Crippen molar-refractivity contribution >= 4 is 34.8 Å². The van der Waals surface area contributed by atoms with Gasteiger partial charge in [0.2, 0.25) is 5.95 Å². The third kappa shape index (κ3) is 5.77. The van der Waals surface area contributed by atoms with E-state index < -0.39 is 11.9 Å². The van der Waals surface area contributed by atoms with Crippen LogP contribution in [0.15, 0.2) is 36.4 Å². The number of hydrogen-bond donors (Lipinski definition) is 2. The average Bonchev–Trinajstić information content (AvgIpc) is 3.31. The molecule has 32 heavy (non-hydrogen) atoms. The summed E-state index contributed by atoms with van der Waals surface area (Å²) in [6, 6.07) is 10.9. The number of piperazine rings is 1. The van der Waals surface area contributed by atoms with Crippen LogP contribution in [0, 0.1) is 0 Å². The molecular formula is C21H25F3N6OS. The van der Waals surface area contributed by atoms with Crippen molar-refractivity contribution in [3.8, 4) is 0 Å². The molecule has 2 N–H and O–H groups in total. The normalized spacial score (nSPS) is 19.2. The summed E-state index contributed by atoms with van der Waals surface area (Å²) in [6.07, 6.45) is -2.63. The quantitative estimate of drug-likeness (QED) is 0.651. The molecule has 0 unspecified atom stereocenters. The van der Waals surface area contributed by atoms with E-state index in [0.29, 0.717) is 39.3 Å². The van der Waals surface area contributed by atoms with Crippen molar-refractivity contribution in [3.05, 3.63) is 42.1 Å². The molecule has 3 heterocycles. The minimum Gasteiger partial charge on any atom is -0.376 e. The van der Waals surface area contributed by atoms with Gasteiger partial charge in [-0.1, -0.05) is 18.2 Å². The zero-order valence-electron chi connectivity index (χ0n) is 17.4. The second kappa shape index (κ2) is 9.86. The van der Waals surface area contributed by atoms with Gasteiger partial charge in [0.25, 0.3) is 0 Å². The molecule has 0 spiro atoms. The van der Waals surface area contributed by atoms with Crippen molar-refractivity contribution in [2.75, 3.05) is 54.4 Å². The number of para-hydroxylation sites is 1. The van der Waals surface area contributed by atoms with E-state index in [0.717, 1.165) is 24.6 Å². The molecule has 7 nitrogen and oxygen atoms in total. The maximum absolute atomic E-state index is 13.5. The molecule has 2 aliphatic heterocycles. The standard InChI is InChI=1S/C21H25F3N6OS/c22-21(23,24)17-13-18(30-10-8-29(9-11-30)15-5-2-1-3-6-15)27-19(26-17)28-20(32)25-14-16-7-4-12-31-16/h1-3,5-6,13,16H,4,7-12,14H2,(H2,25,26,27,28,32)/t16-/m1/s1. The zero-order chi connectivity index (χ0) is 22.6. The molecule has 0 aliphatic carbocycles. The molecule has 172 valence electrons. The van der Waals surface area contributed by atoms with Gasteiger partial charge >= 0.3 is 6.18 Å². The van der Waals surface area contributed by atoms with Crippen LogP contribution in [-0.4, -0.2) is 60.5 Å². The number of ether oxygens (including phenoxy) is 1. The van der Waals surface area contributed by atoms with Crippen molar-refractivity contribution in [1.29, 1.82) is 0 Å². The molecule has 0 radical (unpaired) electrons. The molecule has 11 heteroatoms. The van der Waals surface area contributed by atoms with Gasteiger partial charge in [0.05, 0.1) is 6.10 Å².